The first-order valence-corrected chi connectivity index (χ1v) is 8.07. The van der Waals surface area contributed by atoms with E-state index in [4.69, 9.17) is 16.6 Å². The van der Waals surface area contributed by atoms with Gasteiger partial charge in [-0.25, -0.2) is 9.37 Å². The molecule has 0 spiro atoms. The molecule has 20 heavy (non-hydrogen) atoms. The first-order valence-electron chi connectivity index (χ1n) is 6.87. The number of nitrogens with one attached hydrogen (secondary N) is 1. The molecule has 106 valence electrons. The predicted octanol–water partition coefficient (Wildman–Crippen LogP) is 4.59. The highest BCUT2D eigenvalue weighted by atomic mass is 35.5. The van der Waals surface area contributed by atoms with Crippen LogP contribution in [0.25, 0.3) is 10.6 Å². The third kappa shape index (κ3) is 2.60. The summed E-state index contributed by atoms with van der Waals surface area (Å²) in [6, 6.07) is 5.15. The van der Waals surface area contributed by atoms with Crippen LogP contribution in [0, 0.1) is 5.82 Å². The number of benzene rings is 1. The second-order valence-electron chi connectivity index (χ2n) is 4.96. The minimum Gasteiger partial charge on any atom is -0.309 e. The van der Waals surface area contributed by atoms with Gasteiger partial charge in [-0.05, 0) is 44.0 Å². The molecule has 1 heterocycles. The van der Waals surface area contributed by atoms with Crippen molar-refractivity contribution in [2.45, 2.75) is 32.2 Å². The van der Waals surface area contributed by atoms with Gasteiger partial charge in [0.15, 0.2) is 0 Å². The number of hydrogen-bond donors (Lipinski definition) is 1. The second kappa shape index (κ2) is 5.80. The maximum Gasteiger partial charge on any atom is 0.141 e. The molecule has 5 heteroatoms. The van der Waals surface area contributed by atoms with Gasteiger partial charge in [0.2, 0.25) is 0 Å². The Hall–Kier alpha value is -0.970. The van der Waals surface area contributed by atoms with Crippen LogP contribution in [0.2, 0.25) is 5.02 Å². The Bertz CT molecular complexity index is 626. The maximum absolute atomic E-state index is 13.2. The predicted molar refractivity (Wildman–Crippen MR) is 81.9 cm³/mol. The zero-order valence-corrected chi connectivity index (χ0v) is 12.8. The van der Waals surface area contributed by atoms with E-state index >= 15 is 0 Å². The van der Waals surface area contributed by atoms with Crippen molar-refractivity contribution in [3.63, 3.8) is 0 Å². The van der Waals surface area contributed by atoms with Crippen LogP contribution >= 0.6 is 22.9 Å². The second-order valence-corrected chi connectivity index (χ2v) is 6.45. The van der Waals surface area contributed by atoms with Gasteiger partial charge in [-0.3, -0.25) is 0 Å². The average molecular weight is 311 g/mol. The van der Waals surface area contributed by atoms with Gasteiger partial charge in [-0.1, -0.05) is 18.5 Å². The summed E-state index contributed by atoms with van der Waals surface area (Å²) in [6.45, 7) is 3.06. The molecular weight excluding hydrogens is 295 g/mol. The highest BCUT2D eigenvalue weighted by Crippen LogP contribution is 2.37. The molecule has 0 saturated heterocycles. The Morgan fingerprint density at radius 3 is 3.10 bits per heavy atom. The zero-order chi connectivity index (χ0) is 14.1. The highest BCUT2D eigenvalue weighted by molar-refractivity contribution is 7.15. The minimum atomic E-state index is -0.387. The Morgan fingerprint density at radius 2 is 2.35 bits per heavy atom. The van der Waals surface area contributed by atoms with Crippen molar-refractivity contribution in [2.24, 2.45) is 0 Å². The molecule has 0 radical (unpaired) electrons. The van der Waals surface area contributed by atoms with Crippen molar-refractivity contribution in [3.05, 3.63) is 39.6 Å². The number of aryl methyl sites for hydroxylation is 1. The number of rotatable bonds is 3. The summed E-state index contributed by atoms with van der Waals surface area (Å²) in [5, 5.41) is 4.57. The van der Waals surface area contributed by atoms with Gasteiger partial charge in [-0.15, -0.1) is 11.3 Å². The number of thiazole rings is 1. The van der Waals surface area contributed by atoms with E-state index in [-0.39, 0.29) is 10.8 Å². The molecule has 0 bridgehead atoms. The molecule has 0 saturated carbocycles. The molecular formula is C15H16ClFN2S. The van der Waals surface area contributed by atoms with Crippen LogP contribution < -0.4 is 5.32 Å². The van der Waals surface area contributed by atoms with Crippen LogP contribution in [0.5, 0.6) is 0 Å². The van der Waals surface area contributed by atoms with Crippen LogP contribution in [-0.4, -0.2) is 11.5 Å². The molecule has 1 aliphatic rings. The third-order valence-electron chi connectivity index (χ3n) is 3.57. The third-order valence-corrected chi connectivity index (χ3v) is 5.04. The van der Waals surface area contributed by atoms with Crippen molar-refractivity contribution in [2.75, 3.05) is 6.54 Å². The van der Waals surface area contributed by atoms with Gasteiger partial charge >= 0.3 is 0 Å². The molecule has 1 N–H and O–H groups in total. The van der Waals surface area contributed by atoms with Gasteiger partial charge < -0.3 is 5.32 Å². The monoisotopic (exact) mass is 310 g/mol. The van der Waals surface area contributed by atoms with E-state index in [9.17, 15) is 4.39 Å². The Labute approximate surface area is 127 Å². The van der Waals surface area contributed by atoms with Crippen LogP contribution in [-0.2, 0) is 6.42 Å². The fourth-order valence-electron chi connectivity index (χ4n) is 2.62. The van der Waals surface area contributed by atoms with Gasteiger partial charge in [0.1, 0.15) is 10.8 Å². The maximum atomic E-state index is 13.2. The molecule has 3 rings (SSSR count). The fraction of sp³-hybridized carbons (Fsp3) is 0.400. The molecule has 1 unspecified atom stereocenters. The zero-order valence-electron chi connectivity index (χ0n) is 11.2. The molecule has 1 atom stereocenters. The molecule has 0 aliphatic heterocycles. The summed E-state index contributed by atoms with van der Waals surface area (Å²) in [5.41, 5.74) is 2.06. The van der Waals surface area contributed by atoms with Crippen LogP contribution in [0.1, 0.15) is 36.4 Å². The highest BCUT2D eigenvalue weighted by Gasteiger charge is 2.24. The van der Waals surface area contributed by atoms with Crippen LogP contribution in [0.4, 0.5) is 4.39 Å². The van der Waals surface area contributed by atoms with Crippen molar-refractivity contribution >= 4 is 22.9 Å². The number of aromatic nitrogens is 1. The smallest absolute Gasteiger partial charge is 0.141 e. The number of fused-ring (bicyclic) bond motifs is 1. The van der Waals surface area contributed by atoms with Crippen LogP contribution in [0.15, 0.2) is 18.2 Å². The normalized spacial score (nSPS) is 18.1. The largest absolute Gasteiger partial charge is 0.309 e. The summed E-state index contributed by atoms with van der Waals surface area (Å²) >= 11 is 7.56. The average Bonchev–Trinajstić information content (AvgIpc) is 2.87. The Balaban J connectivity index is 1.97. The lowest BCUT2D eigenvalue weighted by Gasteiger charge is -2.21. The van der Waals surface area contributed by atoms with Crippen molar-refractivity contribution in [1.29, 1.82) is 0 Å². The Kier molecular flexibility index (Phi) is 4.06. The van der Waals surface area contributed by atoms with Gasteiger partial charge in [0.05, 0.1) is 16.8 Å². The molecule has 0 amide bonds. The van der Waals surface area contributed by atoms with E-state index < -0.39 is 0 Å². The summed E-state index contributed by atoms with van der Waals surface area (Å²) in [5.74, 6) is -0.387. The van der Waals surface area contributed by atoms with Crippen molar-refractivity contribution < 1.29 is 4.39 Å². The van der Waals surface area contributed by atoms with Crippen molar-refractivity contribution in [1.82, 2.24) is 10.3 Å². The summed E-state index contributed by atoms with van der Waals surface area (Å²) in [7, 11) is 0. The van der Waals surface area contributed by atoms with Crippen molar-refractivity contribution in [3.8, 4) is 10.6 Å². The first-order chi connectivity index (χ1) is 9.69. The molecule has 1 aromatic carbocycles. The van der Waals surface area contributed by atoms with E-state index in [1.807, 2.05) is 0 Å². The molecule has 0 fully saturated rings. The van der Waals surface area contributed by atoms with E-state index in [0.29, 0.717) is 6.04 Å². The molecule has 2 aromatic rings. The lowest BCUT2D eigenvalue weighted by Crippen LogP contribution is -2.24. The van der Waals surface area contributed by atoms with Gasteiger partial charge in [0.25, 0.3) is 0 Å². The Morgan fingerprint density at radius 1 is 1.50 bits per heavy atom. The summed E-state index contributed by atoms with van der Waals surface area (Å²) in [4.78, 5) is 6.11. The first kappa shape index (κ1) is 14.0. The lowest BCUT2D eigenvalue weighted by atomic mass is 9.98. The molecule has 1 aromatic heterocycles. The summed E-state index contributed by atoms with van der Waals surface area (Å²) in [6.07, 6.45) is 3.41. The lowest BCUT2D eigenvalue weighted by molar-refractivity contribution is 0.465. The fourth-order valence-corrected chi connectivity index (χ4v) is 3.96. The summed E-state index contributed by atoms with van der Waals surface area (Å²) < 4.78 is 13.2. The topological polar surface area (TPSA) is 24.9 Å². The van der Waals surface area contributed by atoms with E-state index in [0.717, 1.165) is 30.0 Å². The molecule has 1 aliphatic carbocycles. The SMILES string of the molecule is CCNC1CCCc2sc(-c3ccc(F)c(Cl)c3)nc21. The van der Waals surface area contributed by atoms with E-state index in [2.05, 4.69) is 12.2 Å². The number of nitrogens with zero attached hydrogens (tertiary/aromatic N) is 1. The van der Waals surface area contributed by atoms with Crippen LogP contribution in [0.3, 0.4) is 0 Å². The van der Waals surface area contributed by atoms with Gasteiger partial charge in [0, 0.05) is 10.4 Å². The van der Waals surface area contributed by atoms with E-state index in [1.54, 1.807) is 23.5 Å². The number of hydrogen-bond acceptors (Lipinski definition) is 3. The van der Waals surface area contributed by atoms with E-state index in [1.165, 1.54) is 23.1 Å². The van der Waals surface area contributed by atoms with Gasteiger partial charge in [-0.2, -0.15) is 0 Å². The standard InChI is InChI=1S/C15H16ClFN2S/c1-2-18-12-4-3-5-13-14(12)19-15(20-13)9-6-7-11(17)10(16)8-9/h6-8,12,18H,2-5H2,1H3. The minimum absolute atomic E-state index is 0.152. The quantitative estimate of drug-likeness (QED) is 0.897. The number of halogens is 2. The molecule has 2 nitrogen and oxygen atoms in total.